The maximum absolute atomic E-state index is 12.6. The van der Waals surface area contributed by atoms with Gasteiger partial charge in [-0.05, 0) is 32.2 Å². The van der Waals surface area contributed by atoms with E-state index in [2.05, 4.69) is 10.1 Å². The second-order valence-electron chi connectivity index (χ2n) is 7.85. The van der Waals surface area contributed by atoms with E-state index in [9.17, 15) is 18.0 Å². The van der Waals surface area contributed by atoms with Crippen molar-refractivity contribution in [2.75, 3.05) is 39.4 Å². The molecular weight excluding hydrogens is 423 g/mol. The van der Waals surface area contributed by atoms with Gasteiger partial charge < -0.3 is 24.0 Å². The van der Waals surface area contributed by atoms with E-state index in [1.165, 1.54) is 0 Å². The van der Waals surface area contributed by atoms with Crippen LogP contribution >= 0.6 is 0 Å². The fourth-order valence-corrected chi connectivity index (χ4v) is 4.01. The van der Waals surface area contributed by atoms with Crippen molar-refractivity contribution >= 4 is 11.9 Å². The molecule has 4 heterocycles. The number of rotatable bonds is 3. The van der Waals surface area contributed by atoms with Crippen molar-refractivity contribution in [3.8, 4) is 0 Å². The number of morpholine rings is 1. The van der Waals surface area contributed by atoms with Crippen molar-refractivity contribution in [3.05, 3.63) is 17.5 Å². The van der Waals surface area contributed by atoms with Crippen molar-refractivity contribution < 1.29 is 41.9 Å². The molecular formula is C19H26F3N3O6. The summed E-state index contributed by atoms with van der Waals surface area (Å²) >= 11 is 0. The van der Waals surface area contributed by atoms with E-state index in [1.54, 1.807) is 0 Å². The summed E-state index contributed by atoms with van der Waals surface area (Å²) in [6, 6.07) is 1.98. The predicted molar refractivity (Wildman–Crippen MR) is 99.0 cm³/mol. The van der Waals surface area contributed by atoms with E-state index >= 15 is 0 Å². The van der Waals surface area contributed by atoms with Crippen LogP contribution in [0.4, 0.5) is 13.2 Å². The van der Waals surface area contributed by atoms with E-state index in [0.29, 0.717) is 32.2 Å². The molecule has 1 N–H and O–H groups in total. The molecule has 0 spiro atoms. The number of amides is 1. The lowest BCUT2D eigenvalue weighted by molar-refractivity contribution is -0.192. The summed E-state index contributed by atoms with van der Waals surface area (Å²) in [5, 5.41) is 11.2. The van der Waals surface area contributed by atoms with E-state index in [-0.39, 0.29) is 18.1 Å². The Morgan fingerprint density at radius 3 is 2.52 bits per heavy atom. The van der Waals surface area contributed by atoms with Crippen LogP contribution in [0, 0.1) is 12.8 Å². The number of alkyl halides is 3. The van der Waals surface area contributed by atoms with Crippen LogP contribution in [0.5, 0.6) is 0 Å². The van der Waals surface area contributed by atoms with Gasteiger partial charge in [0, 0.05) is 32.2 Å². The zero-order chi connectivity index (χ0) is 22.6. The lowest BCUT2D eigenvalue weighted by Gasteiger charge is -2.33. The number of nitrogens with zero attached hydrogens (tertiary/aromatic N) is 3. The van der Waals surface area contributed by atoms with Crippen LogP contribution in [-0.2, 0) is 25.6 Å². The molecule has 0 radical (unpaired) electrons. The first-order valence-electron chi connectivity index (χ1n) is 10.1. The van der Waals surface area contributed by atoms with Crippen molar-refractivity contribution in [2.24, 2.45) is 5.92 Å². The summed E-state index contributed by atoms with van der Waals surface area (Å²) in [4.78, 5) is 25.8. The molecule has 4 rings (SSSR count). The normalized spacial score (nSPS) is 26.7. The van der Waals surface area contributed by atoms with Gasteiger partial charge >= 0.3 is 12.1 Å². The average Bonchev–Trinajstić information content (AvgIpc) is 3.33. The van der Waals surface area contributed by atoms with E-state index < -0.39 is 12.1 Å². The molecule has 9 nitrogen and oxygen atoms in total. The Morgan fingerprint density at radius 1 is 1.26 bits per heavy atom. The topological polar surface area (TPSA) is 105 Å². The Morgan fingerprint density at radius 2 is 1.94 bits per heavy atom. The van der Waals surface area contributed by atoms with Crippen LogP contribution in [0.1, 0.15) is 24.3 Å². The van der Waals surface area contributed by atoms with Gasteiger partial charge in [0.2, 0.25) is 0 Å². The summed E-state index contributed by atoms with van der Waals surface area (Å²) in [6.45, 7) is 7.22. The molecule has 0 saturated carbocycles. The maximum Gasteiger partial charge on any atom is 0.490 e. The summed E-state index contributed by atoms with van der Waals surface area (Å²) < 4.78 is 48.3. The van der Waals surface area contributed by atoms with Crippen molar-refractivity contribution in [2.45, 2.75) is 44.7 Å². The molecule has 0 unspecified atom stereocenters. The van der Waals surface area contributed by atoms with E-state index in [4.69, 9.17) is 23.9 Å². The lowest BCUT2D eigenvalue weighted by atomic mass is 9.91. The summed E-state index contributed by atoms with van der Waals surface area (Å²) in [5.41, 5.74) is 0.963. The number of carbonyl (C=O) groups excluding carboxylic acids is 1. The van der Waals surface area contributed by atoms with E-state index in [0.717, 1.165) is 43.9 Å². The Kier molecular flexibility index (Phi) is 7.55. The van der Waals surface area contributed by atoms with Crippen LogP contribution < -0.4 is 0 Å². The second-order valence-corrected chi connectivity index (χ2v) is 7.85. The van der Waals surface area contributed by atoms with Crippen LogP contribution in [0.2, 0.25) is 0 Å². The average molecular weight is 449 g/mol. The van der Waals surface area contributed by atoms with E-state index in [1.807, 2.05) is 17.9 Å². The van der Waals surface area contributed by atoms with Crippen LogP contribution in [-0.4, -0.2) is 89.7 Å². The third-order valence-electron chi connectivity index (χ3n) is 5.54. The summed E-state index contributed by atoms with van der Waals surface area (Å²) in [7, 11) is 0. The molecule has 3 aliphatic rings. The van der Waals surface area contributed by atoms with Gasteiger partial charge in [0.15, 0.2) is 0 Å². The van der Waals surface area contributed by atoms with Crippen LogP contribution in [0.15, 0.2) is 10.6 Å². The Balaban J connectivity index is 0.000000339. The molecule has 12 heteroatoms. The number of likely N-dealkylation sites (tertiary alicyclic amines) is 1. The first kappa shape index (κ1) is 23.5. The Hall–Kier alpha value is -2.18. The molecule has 0 bridgehead atoms. The first-order valence-corrected chi connectivity index (χ1v) is 10.1. The third kappa shape index (κ3) is 6.40. The lowest BCUT2D eigenvalue weighted by Crippen LogP contribution is -2.46. The number of carboxylic acid groups (broad SMARTS) is 1. The number of halogens is 3. The number of aryl methyl sites for hydroxylation is 1. The molecule has 3 fully saturated rings. The molecule has 0 aliphatic carbocycles. The smallest absolute Gasteiger partial charge is 0.475 e. The van der Waals surface area contributed by atoms with Crippen LogP contribution in [0.25, 0.3) is 0 Å². The summed E-state index contributed by atoms with van der Waals surface area (Å²) in [6.07, 6.45) is -3.26. The van der Waals surface area contributed by atoms with Gasteiger partial charge in [0.25, 0.3) is 5.91 Å². The van der Waals surface area contributed by atoms with Gasteiger partial charge in [0.1, 0.15) is 11.9 Å². The molecule has 3 aliphatic heterocycles. The SMILES string of the molecule is Cc1cc(CN2CC[C@H]3C[C@H](C(=O)N4CCOCC4)O[C@@H]3C2)no1.O=C(O)C(F)(F)F. The zero-order valence-corrected chi connectivity index (χ0v) is 17.1. The number of ether oxygens (including phenoxy) is 2. The minimum absolute atomic E-state index is 0.145. The third-order valence-corrected chi connectivity index (χ3v) is 5.54. The maximum atomic E-state index is 12.6. The van der Waals surface area contributed by atoms with Gasteiger partial charge in [0.05, 0.1) is 25.0 Å². The highest BCUT2D eigenvalue weighted by molar-refractivity contribution is 5.81. The van der Waals surface area contributed by atoms with Crippen LogP contribution in [0.3, 0.4) is 0 Å². The van der Waals surface area contributed by atoms with Crippen molar-refractivity contribution in [1.29, 1.82) is 0 Å². The standard InChI is InChI=1S/C17H25N3O4.C2HF3O2/c1-12-8-14(18-24-12)10-19-3-2-13-9-15(23-16(13)11-19)17(21)20-4-6-22-7-5-20;3-2(4,5)1(6)7/h8,13,15-16H,2-7,9-11H2,1H3;(H,6,7)/t13-,15+,16+;/m0./s1. The second kappa shape index (κ2) is 9.96. The minimum Gasteiger partial charge on any atom is -0.475 e. The number of aliphatic carboxylic acids is 1. The number of carboxylic acids is 1. The predicted octanol–water partition coefficient (Wildman–Crippen LogP) is 1.45. The van der Waals surface area contributed by atoms with Gasteiger partial charge in [-0.2, -0.15) is 13.2 Å². The number of hydrogen-bond acceptors (Lipinski definition) is 7. The first-order chi connectivity index (χ1) is 14.6. The fraction of sp³-hybridized carbons (Fsp3) is 0.737. The fourth-order valence-electron chi connectivity index (χ4n) is 4.01. The summed E-state index contributed by atoms with van der Waals surface area (Å²) in [5.74, 6) is -1.28. The highest BCUT2D eigenvalue weighted by atomic mass is 19.4. The van der Waals surface area contributed by atoms with Gasteiger partial charge in [-0.15, -0.1) is 0 Å². The minimum atomic E-state index is -5.08. The van der Waals surface area contributed by atoms with Gasteiger partial charge in [-0.1, -0.05) is 5.16 Å². The molecule has 3 saturated heterocycles. The molecule has 1 amide bonds. The highest BCUT2D eigenvalue weighted by Crippen LogP contribution is 2.34. The number of carbonyl (C=O) groups is 2. The van der Waals surface area contributed by atoms with Crippen molar-refractivity contribution in [3.63, 3.8) is 0 Å². The molecule has 1 aromatic rings. The Bertz CT molecular complexity index is 765. The van der Waals surface area contributed by atoms with Crippen molar-refractivity contribution in [1.82, 2.24) is 15.0 Å². The molecule has 3 atom stereocenters. The molecule has 174 valence electrons. The number of hydrogen-bond donors (Lipinski definition) is 1. The Labute approximate surface area is 177 Å². The van der Waals surface area contributed by atoms with Gasteiger partial charge in [-0.3, -0.25) is 9.69 Å². The monoisotopic (exact) mass is 449 g/mol. The molecule has 31 heavy (non-hydrogen) atoms. The number of piperidine rings is 1. The van der Waals surface area contributed by atoms with Gasteiger partial charge in [-0.25, -0.2) is 4.79 Å². The number of aromatic nitrogens is 1. The molecule has 0 aromatic carbocycles. The zero-order valence-electron chi connectivity index (χ0n) is 17.1. The quantitative estimate of drug-likeness (QED) is 0.740. The highest BCUT2D eigenvalue weighted by Gasteiger charge is 2.43. The number of fused-ring (bicyclic) bond motifs is 1. The largest absolute Gasteiger partial charge is 0.490 e. The molecule has 1 aromatic heterocycles.